The van der Waals surface area contributed by atoms with E-state index in [0.29, 0.717) is 6.42 Å². The van der Waals surface area contributed by atoms with Crippen molar-refractivity contribution in [1.82, 2.24) is 4.90 Å². The summed E-state index contributed by atoms with van der Waals surface area (Å²) < 4.78 is 6.25. The van der Waals surface area contributed by atoms with Gasteiger partial charge in [-0.15, -0.1) is 0 Å². The van der Waals surface area contributed by atoms with Crippen LogP contribution < -0.4 is 15.3 Å². The Morgan fingerprint density at radius 1 is 0.897 bits per heavy atom. The van der Waals surface area contributed by atoms with Crippen molar-refractivity contribution >= 4 is 22.9 Å². The topological polar surface area (TPSA) is 32.8 Å². The minimum absolute atomic E-state index is 0.104. The summed E-state index contributed by atoms with van der Waals surface area (Å²) in [5.41, 5.74) is 2.38. The van der Waals surface area contributed by atoms with Gasteiger partial charge >= 0.3 is 0 Å². The summed E-state index contributed by atoms with van der Waals surface area (Å²) in [5, 5.41) is 2.20. The maximum Gasteiger partial charge on any atom is 0.230 e. The first kappa shape index (κ1) is 17.8. The van der Waals surface area contributed by atoms with E-state index in [1.54, 1.807) is 0 Å². The van der Waals surface area contributed by atoms with Gasteiger partial charge in [0.25, 0.3) is 0 Å². The summed E-state index contributed by atoms with van der Waals surface area (Å²) in [6.45, 7) is 3.20. The van der Waals surface area contributed by atoms with Crippen molar-refractivity contribution in [2.24, 2.45) is 0 Å². The van der Waals surface area contributed by atoms with Crippen molar-refractivity contribution < 1.29 is 9.53 Å². The summed E-state index contributed by atoms with van der Waals surface area (Å²) in [6.07, 6.45) is 8.40. The predicted octanol–water partition coefficient (Wildman–Crippen LogP) is 2.21. The molecule has 1 fully saturated rings. The lowest BCUT2D eigenvalue weighted by atomic mass is 9.97. The zero-order chi connectivity index (χ0) is 19.6. The number of ether oxygens (including phenoxy) is 1. The third-order valence-corrected chi connectivity index (χ3v) is 5.85. The van der Waals surface area contributed by atoms with E-state index in [4.69, 9.17) is 4.74 Å². The van der Waals surface area contributed by atoms with Crippen molar-refractivity contribution in [3.63, 3.8) is 0 Å². The van der Waals surface area contributed by atoms with Gasteiger partial charge in [-0.05, 0) is 23.4 Å². The van der Waals surface area contributed by atoms with Crippen molar-refractivity contribution in [3.05, 3.63) is 89.3 Å². The SMILES string of the molecule is O=C(CC1=c2ccccc2=C2C=CC=CC2O1)N1CCN(c2ccccc2)CC1. The summed E-state index contributed by atoms with van der Waals surface area (Å²) in [5.74, 6) is 0.922. The van der Waals surface area contributed by atoms with Crippen LogP contribution in [-0.4, -0.2) is 43.1 Å². The second-order valence-corrected chi connectivity index (χ2v) is 7.59. The quantitative estimate of drug-likeness (QED) is 0.814. The van der Waals surface area contributed by atoms with Gasteiger partial charge in [0.15, 0.2) is 0 Å². The van der Waals surface area contributed by atoms with Gasteiger partial charge in [0.2, 0.25) is 5.91 Å². The van der Waals surface area contributed by atoms with E-state index in [2.05, 4.69) is 47.4 Å². The van der Waals surface area contributed by atoms with Gasteiger partial charge in [-0.2, -0.15) is 0 Å². The van der Waals surface area contributed by atoms with Crippen LogP contribution in [0.4, 0.5) is 5.69 Å². The fraction of sp³-hybridized carbons (Fsp3) is 0.240. The van der Waals surface area contributed by atoms with E-state index in [9.17, 15) is 4.79 Å². The van der Waals surface area contributed by atoms with Crippen LogP contribution >= 0.6 is 0 Å². The molecule has 2 aliphatic heterocycles. The first-order valence-electron chi connectivity index (χ1n) is 10.2. The smallest absolute Gasteiger partial charge is 0.230 e. The van der Waals surface area contributed by atoms with E-state index in [0.717, 1.165) is 42.7 Å². The van der Waals surface area contributed by atoms with Gasteiger partial charge in [-0.1, -0.05) is 60.7 Å². The maximum atomic E-state index is 13.0. The lowest BCUT2D eigenvalue weighted by molar-refractivity contribution is -0.130. The fourth-order valence-corrected chi connectivity index (χ4v) is 4.30. The van der Waals surface area contributed by atoms with Gasteiger partial charge in [0.05, 0.1) is 6.42 Å². The monoisotopic (exact) mass is 384 g/mol. The highest BCUT2D eigenvalue weighted by Gasteiger charge is 2.26. The molecule has 2 heterocycles. The molecule has 1 unspecified atom stereocenters. The standard InChI is InChI=1S/C25H24N2O2/c28-25(27-16-14-26(15-17-27)19-8-2-1-3-9-19)18-24-22-12-5-4-10-20(22)21-11-6-7-13-23(21)29-24/h1-13,23H,14-18H2. The molecule has 3 aliphatic rings. The number of para-hydroxylation sites is 1. The van der Waals surface area contributed by atoms with E-state index in [1.807, 2.05) is 41.3 Å². The number of carbonyl (C=O) groups is 1. The van der Waals surface area contributed by atoms with Gasteiger partial charge in [0.1, 0.15) is 11.9 Å². The minimum atomic E-state index is -0.104. The molecular weight excluding hydrogens is 360 g/mol. The summed E-state index contributed by atoms with van der Waals surface area (Å²) in [4.78, 5) is 17.4. The number of anilines is 1. The van der Waals surface area contributed by atoms with Crippen LogP contribution in [-0.2, 0) is 9.53 Å². The van der Waals surface area contributed by atoms with Crippen molar-refractivity contribution in [2.45, 2.75) is 12.5 Å². The largest absolute Gasteiger partial charge is 0.485 e. The van der Waals surface area contributed by atoms with Crippen LogP contribution in [0.5, 0.6) is 0 Å². The van der Waals surface area contributed by atoms with Gasteiger partial charge in [-0.25, -0.2) is 0 Å². The van der Waals surface area contributed by atoms with E-state index < -0.39 is 0 Å². The Kier molecular flexibility index (Phi) is 4.68. The molecule has 0 N–H and O–H groups in total. The Hall–Kier alpha value is -3.27. The molecule has 0 spiro atoms. The van der Waals surface area contributed by atoms with Crippen molar-refractivity contribution in [1.29, 1.82) is 0 Å². The molecule has 1 atom stereocenters. The number of hydrogen-bond acceptors (Lipinski definition) is 3. The first-order valence-corrected chi connectivity index (χ1v) is 10.2. The molecule has 2 aromatic rings. The van der Waals surface area contributed by atoms with Crippen LogP contribution in [0.3, 0.4) is 0 Å². The van der Waals surface area contributed by atoms with Crippen molar-refractivity contribution in [2.75, 3.05) is 31.1 Å². The minimum Gasteiger partial charge on any atom is -0.485 e. The first-order chi connectivity index (χ1) is 14.3. The number of carbonyl (C=O) groups excluding carboxylic acids is 1. The molecule has 1 saturated heterocycles. The second kappa shape index (κ2) is 7.63. The Morgan fingerprint density at radius 2 is 1.62 bits per heavy atom. The van der Waals surface area contributed by atoms with Crippen LogP contribution in [0.25, 0.3) is 11.3 Å². The highest BCUT2D eigenvalue weighted by atomic mass is 16.5. The average Bonchev–Trinajstić information content (AvgIpc) is 2.80. The number of nitrogens with zero attached hydrogens (tertiary/aromatic N) is 2. The molecule has 146 valence electrons. The summed E-state index contributed by atoms with van der Waals surface area (Å²) in [6, 6.07) is 18.6. The van der Waals surface area contributed by atoms with Crippen LogP contribution in [0, 0.1) is 0 Å². The highest BCUT2D eigenvalue weighted by molar-refractivity contribution is 5.84. The predicted molar refractivity (Wildman–Crippen MR) is 116 cm³/mol. The van der Waals surface area contributed by atoms with Gasteiger partial charge in [0, 0.05) is 42.7 Å². The summed E-state index contributed by atoms with van der Waals surface area (Å²) >= 11 is 0. The lowest BCUT2D eigenvalue weighted by Crippen LogP contribution is -2.49. The van der Waals surface area contributed by atoms with Crippen LogP contribution in [0.15, 0.2) is 78.9 Å². The molecule has 29 heavy (non-hydrogen) atoms. The highest BCUT2D eigenvalue weighted by Crippen LogP contribution is 2.23. The molecule has 2 aromatic carbocycles. The molecule has 4 heteroatoms. The molecule has 1 aliphatic carbocycles. The third-order valence-electron chi connectivity index (χ3n) is 5.85. The van der Waals surface area contributed by atoms with E-state index >= 15 is 0 Å². The van der Waals surface area contributed by atoms with E-state index in [1.165, 1.54) is 10.9 Å². The van der Waals surface area contributed by atoms with Gasteiger partial charge in [-0.3, -0.25) is 4.79 Å². The number of benzene rings is 2. The lowest BCUT2D eigenvalue weighted by Gasteiger charge is -2.36. The number of amides is 1. The number of fused-ring (bicyclic) bond motifs is 2. The second-order valence-electron chi connectivity index (χ2n) is 7.59. The summed E-state index contributed by atoms with van der Waals surface area (Å²) in [7, 11) is 0. The maximum absolute atomic E-state index is 13.0. The molecular formula is C25H24N2O2. The number of hydrogen-bond donors (Lipinski definition) is 0. The van der Waals surface area contributed by atoms with Crippen LogP contribution in [0.1, 0.15) is 6.42 Å². The van der Waals surface area contributed by atoms with E-state index in [-0.39, 0.29) is 12.0 Å². The normalized spacial score (nSPS) is 20.2. The molecule has 0 radical (unpaired) electrons. The molecule has 1 amide bonds. The Balaban J connectivity index is 1.34. The Labute approximate surface area is 170 Å². The van der Waals surface area contributed by atoms with Gasteiger partial charge < -0.3 is 14.5 Å². The van der Waals surface area contributed by atoms with Crippen LogP contribution in [0.2, 0.25) is 0 Å². The zero-order valence-corrected chi connectivity index (χ0v) is 16.3. The molecule has 5 rings (SSSR count). The number of allylic oxidation sites excluding steroid dienone is 2. The molecule has 4 nitrogen and oxygen atoms in total. The Morgan fingerprint density at radius 3 is 2.41 bits per heavy atom. The molecule has 0 aromatic heterocycles. The number of rotatable bonds is 3. The third kappa shape index (κ3) is 3.46. The zero-order valence-electron chi connectivity index (χ0n) is 16.3. The number of piperazine rings is 1. The average molecular weight is 384 g/mol. The Bertz CT molecular complexity index is 1090. The molecule has 0 saturated carbocycles. The van der Waals surface area contributed by atoms with Crippen molar-refractivity contribution in [3.8, 4) is 0 Å². The fourth-order valence-electron chi connectivity index (χ4n) is 4.30. The molecule has 0 bridgehead atoms.